The Balaban J connectivity index is 1.67. The van der Waals surface area contributed by atoms with Crippen molar-refractivity contribution in [2.75, 3.05) is 19.4 Å². The number of hydrogen-bond donors (Lipinski definition) is 1. The van der Waals surface area contributed by atoms with Crippen molar-refractivity contribution in [1.82, 2.24) is 4.90 Å². The highest BCUT2D eigenvalue weighted by atomic mass is 79.9. The first kappa shape index (κ1) is 18.0. The van der Waals surface area contributed by atoms with Crippen molar-refractivity contribution in [1.29, 1.82) is 0 Å². The van der Waals surface area contributed by atoms with Crippen LogP contribution >= 0.6 is 27.7 Å². The maximum atomic E-state index is 12.6. The average molecular weight is 419 g/mol. The van der Waals surface area contributed by atoms with E-state index >= 15 is 0 Å². The number of carbonyl (C=O) groups excluding carboxylic acids is 2. The first-order chi connectivity index (χ1) is 12.0. The molecule has 0 aliphatic heterocycles. The van der Waals surface area contributed by atoms with Gasteiger partial charge in [0.2, 0.25) is 5.91 Å². The summed E-state index contributed by atoms with van der Waals surface area (Å²) in [6, 6.07) is 15.5. The van der Waals surface area contributed by atoms with Crippen LogP contribution in [0, 0.1) is 5.92 Å². The number of nitrogens with zero attached hydrogens (tertiary/aromatic N) is 1. The van der Waals surface area contributed by atoms with Crippen LogP contribution in [0.2, 0.25) is 0 Å². The quantitative estimate of drug-likeness (QED) is 0.713. The van der Waals surface area contributed by atoms with Gasteiger partial charge in [0.1, 0.15) is 0 Å². The van der Waals surface area contributed by atoms with Crippen LogP contribution in [-0.4, -0.2) is 30.1 Å². The Morgan fingerprint density at radius 3 is 2.64 bits per heavy atom. The number of anilines is 1. The van der Waals surface area contributed by atoms with Crippen LogP contribution in [0.25, 0.3) is 0 Å². The van der Waals surface area contributed by atoms with Gasteiger partial charge in [-0.2, -0.15) is 0 Å². The van der Waals surface area contributed by atoms with Crippen molar-refractivity contribution in [3.8, 4) is 0 Å². The summed E-state index contributed by atoms with van der Waals surface area (Å²) in [4.78, 5) is 26.8. The summed E-state index contributed by atoms with van der Waals surface area (Å²) in [5.74, 6) is 0.257. The molecule has 1 N–H and O–H groups in total. The smallest absolute Gasteiger partial charge is 0.286 e. The van der Waals surface area contributed by atoms with Crippen molar-refractivity contribution in [3.63, 3.8) is 0 Å². The third-order valence-electron chi connectivity index (χ3n) is 4.11. The minimum absolute atomic E-state index is 0.00956. The highest BCUT2D eigenvalue weighted by Gasteiger charge is 2.44. The number of amides is 2. The third-order valence-corrected chi connectivity index (χ3v) is 5.72. The molecule has 25 heavy (non-hydrogen) atoms. The van der Waals surface area contributed by atoms with Crippen molar-refractivity contribution in [3.05, 3.63) is 58.6 Å². The number of benzene rings is 2. The number of thioether (sulfide) groups is 1. The normalized spacial score (nSPS) is 18.5. The fourth-order valence-electron chi connectivity index (χ4n) is 2.66. The van der Waals surface area contributed by atoms with E-state index in [2.05, 4.69) is 33.4 Å². The van der Waals surface area contributed by atoms with Gasteiger partial charge in [0, 0.05) is 29.4 Å². The van der Waals surface area contributed by atoms with Crippen LogP contribution in [0.15, 0.2) is 57.9 Å². The second kappa shape index (κ2) is 7.62. The molecular weight excluding hydrogens is 400 g/mol. The van der Waals surface area contributed by atoms with Gasteiger partial charge in [0.25, 0.3) is 5.24 Å². The van der Waals surface area contributed by atoms with Crippen LogP contribution in [0.3, 0.4) is 0 Å². The summed E-state index contributed by atoms with van der Waals surface area (Å²) in [7, 11) is 3.42. The van der Waals surface area contributed by atoms with Crippen LogP contribution < -0.4 is 5.32 Å². The number of para-hydroxylation sites is 1. The molecule has 0 spiro atoms. The number of hydrogen-bond acceptors (Lipinski definition) is 3. The van der Waals surface area contributed by atoms with Gasteiger partial charge in [-0.15, -0.1) is 0 Å². The molecule has 2 amide bonds. The monoisotopic (exact) mass is 418 g/mol. The lowest BCUT2D eigenvalue weighted by atomic mass is 10.1. The highest BCUT2D eigenvalue weighted by Crippen LogP contribution is 2.48. The van der Waals surface area contributed by atoms with Gasteiger partial charge in [-0.3, -0.25) is 9.59 Å². The molecule has 2 aromatic rings. The zero-order valence-corrected chi connectivity index (χ0v) is 16.4. The van der Waals surface area contributed by atoms with E-state index in [1.165, 1.54) is 10.5 Å². The minimum Gasteiger partial charge on any atom is -0.339 e. The van der Waals surface area contributed by atoms with Gasteiger partial charge in [0.15, 0.2) is 0 Å². The Kier molecular flexibility index (Phi) is 5.49. The van der Waals surface area contributed by atoms with E-state index < -0.39 is 0 Å². The molecule has 130 valence electrons. The fraction of sp³-hybridized carbons (Fsp3) is 0.263. The summed E-state index contributed by atoms with van der Waals surface area (Å²) in [5.41, 5.74) is 1.87. The second-order valence-electron chi connectivity index (χ2n) is 6.25. The zero-order valence-electron chi connectivity index (χ0n) is 14.0. The van der Waals surface area contributed by atoms with E-state index in [9.17, 15) is 9.59 Å². The van der Waals surface area contributed by atoms with Crippen molar-refractivity contribution in [2.24, 2.45) is 5.92 Å². The van der Waals surface area contributed by atoms with Gasteiger partial charge >= 0.3 is 0 Å². The van der Waals surface area contributed by atoms with Gasteiger partial charge in [-0.25, -0.2) is 0 Å². The Labute approximate surface area is 160 Å². The molecule has 1 aliphatic carbocycles. The summed E-state index contributed by atoms with van der Waals surface area (Å²) < 4.78 is 1.03. The van der Waals surface area contributed by atoms with Crippen LogP contribution in [0.5, 0.6) is 0 Å². The van der Waals surface area contributed by atoms with Gasteiger partial charge < -0.3 is 10.2 Å². The zero-order chi connectivity index (χ0) is 18.0. The van der Waals surface area contributed by atoms with Crippen molar-refractivity contribution >= 4 is 44.5 Å². The Hall–Kier alpha value is -1.79. The molecule has 1 saturated carbocycles. The van der Waals surface area contributed by atoms with Crippen LogP contribution in [0.1, 0.15) is 17.9 Å². The number of halogens is 1. The molecule has 2 aromatic carbocycles. The molecule has 4 nitrogen and oxygen atoms in total. The van der Waals surface area contributed by atoms with Crippen molar-refractivity contribution < 1.29 is 9.59 Å². The molecule has 2 unspecified atom stereocenters. The number of carbonyl (C=O) groups is 2. The average Bonchev–Trinajstić information content (AvgIpc) is 3.37. The lowest BCUT2D eigenvalue weighted by Crippen LogP contribution is -2.18. The molecule has 0 aromatic heterocycles. The lowest BCUT2D eigenvalue weighted by molar-refractivity contribution is -0.117. The maximum Gasteiger partial charge on any atom is 0.286 e. The number of nitrogens with one attached hydrogen (secondary N) is 1. The molecule has 0 radical (unpaired) electrons. The van der Waals surface area contributed by atoms with Gasteiger partial charge in [-0.1, -0.05) is 40.2 Å². The maximum absolute atomic E-state index is 12.6. The SMILES string of the molecule is CN(C)C(=O)Sc1ccccc1NC(=O)C1CC1c1cccc(Br)c1. The molecule has 1 aliphatic rings. The Morgan fingerprint density at radius 1 is 1.16 bits per heavy atom. The predicted molar refractivity (Wildman–Crippen MR) is 105 cm³/mol. The Morgan fingerprint density at radius 2 is 1.92 bits per heavy atom. The molecule has 2 atom stereocenters. The predicted octanol–water partition coefficient (Wildman–Crippen LogP) is 4.97. The standard InChI is InChI=1S/C19H19BrN2O2S/c1-22(2)19(24)25-17-9-4-3-8-16(17)21-18(23)15-11-14(15)12-6-5-7-13(20)10-12/h3-10,14-15H,11H2,1-2H3,(H,21,23). The highest BCUT2D eigenvalue weighted by molar-refractivity contribution is 9.10. The largest absolute Gasteiger partial charge is 0.339 e. The van der Waals surface area contributed by atoms with E-state index in [4.69, 9.17) is 0 Å². The second-order valence-corrected chi connectivity index (χ2v) is 8.16. The summed E-state index contributed by atoms with van der Waals surface area (Å²) in [6.45, 7) is 0. The molecule has 0 saturated heterocycles. The lowest BCUT2D eigenvalue weighted by Gasteiger charge is -2.13. The summed E-state index contributed by atoms with van der Waals surface area (Å²) >= 11 is 4.59. The molecule has 3 rings (SSSR count). The first-order valence-electron chi connectivity index (χ1n) is 8.00. The topological polar surface area (TPSA) is 49.4 Å². The van der Waals surface area contributed by atoms with E-state index in [-0.39, 0.29) is 23.0 Å². The first-order valence-corrected chi connectivity index (χ1v) is 9.61. The number of rotatable bonds is 4. The van der Waals surface area contributed by atoms with Gasteiger partial charge in [0.05, 0.1) is 5.69 Å². The molecule has 0 bridgehead atoms. The summed E-state index contributed by atoms with van der Waals surface area (Å²) in [6.07, 6.45) is 0.855. The molecule has 6 heteroatoms. The summed E-state index contributed by atoms with van der Waals surface area (Å²) in [5, 5.41) is 2.92. The van der Waals surface area contributed by atoms with E-state index in [1.807, 2.05) is 36.4 Å². The molecule has 0 heterocycles. The molecular formula is C19H19BrN2O2S. The third kappa shape index (κ3) is 4.44. The molecule has 1 fully saturated rings. The minimum atomic E-state index is -0.0693. The van der Waals surface area contributed by atoms with Crippen LogP contribution in [-0.2, 0) is 4.79 Å². The van der Waals surface area contributed by atoms with Crippen molar-refractivity contribution in [2.45, 2.75) is 17.2 Å². The van der Waals surface area contributed by atoms with E-state index in [0.717, 1.165) is 27.6 Å². The van der Waals surface area contributed by atoms with Gasteiger partial charge in [-0.05, 0) is 53.9 Å². The van der Waals surface area contributed by atoms with E-state index in [1.54, 1.807) is 14.1 Å². The fourth-order valence-corrected chi connectivity index (χ4v) is 3.82. The van der Waals surface area contributed by atoms with E-state index in [0.29, 0.717) is 5.69 Å². The Bertz CT molecular complexity index is 810. The van der Waals surface area contributed by atoms with Crippen LogP contribution in [0.4, 0.5) is 10.5 Å².